The molecular formula is C39H40F2IrN2OSi-2. The van der Waals surface area contributed by atoms with Gasteiger partial charge in [-0.3, -0.25) is 0 Å². The number of halogens is 2. The topological polar surface area (TPSA) is 38.9 Å². The molecule has 1 radical (unpaired) electrons. The van der Waals surface area contributed by atoms with Gasteiger partial charge in [-0.2, -0.15) is 0 Å². The van der Waals surface area contributed by atoms with Gasteiger partial charge >= 0.3 is 0 Å². The van der Waals surface area contributed by atoms with Gasteiger partial charge in [-0.25, -0.2) is 8.78 Å². The van der Waals surface area contributed by atoms with Gasteiger partial charge in [0.1, 0.15) is 17.2 Å². The fourth-order valence-electron chi connectivity index (χ4n) is 5.45. The maximum atomic E-state index is 14.0. The number of rotatable bonds is 5. The largest absolute Gasteiger partial charge is 0.500 e. The van der Waals surface area contributed by atoms with Crippen LogP contribution in [0.3, 0.4) is 0 Å². The fraction of sp³-hybridized carbons (Fsp3) is 0.282. The molecule has 0 N–H and O–H groups in total. The molecule has 0 unspecified atom stereocenters. The van der Waals surface area contributed by atoms with Crippen molar-refractivity contribution in [1.82, 2.24) is 9.97 Å². The second-order valence-electron chi connectivity index (χ2n) is 13.9. The van der Waals surface area contributed by atoms with E-state index in [1.165, 1.54) is 22.9 Å². The molecule has 0 aliphatic rings. The summed E-state index contributed by atoms with van der Waals surface area (Å²) in [5, 5.41) is 3.08. The van der Waals surface area contributed by atoms with Crippen molar-refractivity contribution in [3.8, 4) is 22.5 Å². The van der Waals surface area contributed by atoms with E-state index in [0.29, 0.717) is 22.4 Å². The van der Waals surface area contributed by atoms with Crippen molar-refractivity contribution < 1.29 is 34.7 Å². The zero-order chi connectivity index (χ0) is 33.4. The summed E-state index contributed by atoms with van der Waals surface area (Å²) in [4.78, 5) is 8.85. The van der Waals surface area contributed by atoms with Crippen LogP contribution in [0.4, 0.5) is 8.78 Å². The van der Waals surface area contributed by atoms with Crippen molar-refractivity contribution >= 4 is 35.2 Å². The minimum atomic E-state index is -1.37. The van der Waals surface area contributed by atoms with Crippen molar-refractivity contribution in [1.29, 1.82) is 0 Å². The Balaban J connectivity index is 0.000000212. The zero-order valence-electron chi connectivity index (χ0n) is 28.6. The minimum Gasteiger partial charge on any atom is -0.500 e. The molecule has 0 bridgehead atoms. The van der Waals surface area contributed by atoms with Gasteiger partial charge in [-0.05, 0) is 52.0 Å². The van der Waals surface area contributed by atoms with E-state index in [2.05, 4.69) is 75.9 Å². The quantitative estimate of drug-likeness (QED) is 0.129. The third-order valence-corrected chi connectivity index (χ3v) is 9.62. The van der Waals surface area contributed by atoms with Crippen LogP contribution in [0.25, 0.3) is 44.5 Å². The molecule has 0 spiro atoms. The number of fused-ring (bicyclic) bond motifs is 3. The van der Waals surface area contributed by atoms with Crippen LogP contribution in [0.1, 0.15) is 53.0 Å². The first-order valence-corrected chi connectivity index (χ1v) is 18.7. The summed E-state index contributed by atoms with van der Waals surface area (Å²) in [6.07, 6.45) is 4.31. The molecule has 0 amide bonds. The molecule has 7 heteroatoms. The molecule has 6 rings (SSSR count). The van der Waals surface area contributed by atoms with Crippen LogP contribution in [-0.2, 0) is 26.5 Å². The summed E-state index contributed by atoms with van der Waals surface area (Å²) in [6.45, 7) is 17.3. The van der Waals surface area contributed by atoms with Crippen molar-refractivity contribution in [3.05, 3.63) is 114 Å². The van der Waals surface area contributed by atoms with E-state index in [1.54, 1.807) is 32.0 Å². The Morgan fingerprint density at radius 1 is 0.891 bits per heavy atom. The van der Waals surface area contributed by atoms with E-state index in [-0.39, 0.29) is 36.9 Å². The molecule has 0 saturated carbocycles. The standard InChI is InChI=1S/C20H14F2NO.C19H26NSi.Ir/c1-11(2)16-9-18(23-10-17(16)22)15-5-3-4-14-13-7-6-12(21)8-19(13)24-20(14)15;1-19(2,3)13-16-12-17(15-10-8-7-9-11-15)20-14-18(16)21(4,5)6;/h3-4,6-11H,1-2H3;7-10,12,14H,13H2,1-6H3;/q2*-1;/i11D;;. The molecule has 46 heavy (non-hydrogen) atoms. The molecule has 0 atom stereocenters. The monoisotopic (exact) mass is 812 g/mol. The van der Waals surface area contributed by atoms with Crippen LogP contribution < -0.4 is 5.19 Å². The molecule has 241 valence electrons. The second-order valence-corrected chi connectivity index (χ2v) is 18.9. The van der Waals surface area contributed by atoms with Gasteiger partial charge in [0.15, 0.2) is 0 Å². The fourth-order valence-corrected chi connectivity index (χ4v) is 7.03. The van der Waals surface area contributed by atoms with Gasteiger partial charge in [-0.1, -0.05) is 82.9 Å². The maximum absolute atomic E-state index is 14.0. The molecule has 0 saturated heterocycles. The van der Waals surface area contributed by atoms with Crippen LogP contribution in [0.5, 0.6) is 0 Å². The van der Waals surface area contributed by atoms with E-state index >= 15 is 0 Å². The Labute approximate surface area is 287 Å². The summed E-state index contributed by atoms with van der Waals surface area (Å²) in [5.74, 6) is -2.01. The van der Waals surface area contributed by atoms with Crippen LogP contribution in [0.15, 0.2) is 83.5 Å². The molecule has 3 aromatic carbocycles. The van der Waals surface area contributed by atoms with Crippen molar-refractivity contribution in [2.75, 3.05) is 0 Å². The average molecular weight is 812 g/mol. The number of pyridine rings is 2. The number of furan rings is 1. The van der Waals surface area contributed by atoms with E-state index in [0.717, 1.165) is 34.6 Å². The third-order valence-electron chi connectivity index (χ3n) is 7.55. The smallest absolute Gasteiger partial charge is 0.143 e. The summed E-state index contributed by atoms with van der Waals surface area (Å²) in [7, 11) is -1.37. The van der Waals surface area contributed by atoms with Crippen LogP contribution in [0, 0.1) is 29.2 Å². The van der Waals surface area contributed by atoms with E-state index in [4.69, 9.17) is 10.8 Å². The molecule has 0 aliphatic heterocycles. The predicted molar refractivity (Wildman–Crippen MR) is 184 cm³/mol. The Morgan fingerprint density at radius 2 is 1.63 bits per heavy atom. The Hall–Kier alpha value is -3.51. The summed E-state index contributed by atoms with van der Waals surface area (Å²) in [6, 6.07) is 26.2. The molecular weight excluding hydrogens is 771 g/mol. The normalized spacial score (nSPS) is 12.3. The summed E-state index contributed by atoms with van der Waals surface area (Å²) < 4.78 is 41.5. The molecule has 0 fully saturated rings. The molecule has 3 aromatic heterocycles. The third kappa shape index (κ3) is 8.06. The zero-order valence-corrected chi connectivity index (χ0v) is 31.0. The summed E-state index contributed by atoms with van der Waals surface area (Å²) in [5.41, 5.74) is 6.06. The molecule has 0 aliphatic carbocycles. The summed E-state index contributed by atoms with van der Waals surface area (Å²) >= 11 is 0. The number of benzene rings is 3. The molecule has 3 heterocycles. The van der Waals surface area contributed by atoms with Crippen LogP contribution in [0.2, 0.25) is 19.6 Å². The van der Waals surface area contributed by atoms with Crippen LogP contribution in [-0.4, -0.2) is 18.0 Å². The van der Waals surface area contributed by atoms with Gasteiger partial charge in [0, 0.05) is 39.1 Å². The van der Waals surface area contributed by atoms with Crippen molar-refractivity contribution in [3.63, 3.8) is 0 Å². The first-order valence-electron chi connectivity index (χ1n) is 15.7. The van der Waals surface area contributed by atoms with Gasteiger partial charge in [0.25, 0.3) is 0 Å². The second kappa shape index (κ2) is 14.1. The SMILES string of the molecule is CC(C)(C)Cc1cc(-c2[c-]cccc2)ncc1[Si](C)(C)C.[2H]C(C)(C)c1cc(-c2[c-]ccc3c2oc2cc(F)ccc23)ncc1F.[Ir]. The van der Waals surface area contributed by atoms with Crippen molar-refractivity contribution in [2.45, 2.75) is 66.6 Å². The van der Waals surface area contributed by atoms with Crippen molar-refractivity contribution in [2.24, 2.45) is 5.41 Å². The van der Waals surface area contributed by atoms with E-state index < -0.39 is 19.8 Å². The van der Waals surface area contributed by atoms with Crippen LogP contribution >= 0.6 is 0 Å². The van der Waals surface area contributed by atoms with Gasteiger partial charge in [0.2, 0.25) is 0 Å². The van der Waals surface area contributed by atoms with Gasteiger partial charge in [0.05, 0.1) is 19.9 Å². The number of aromatic nitrogens is 2. The molecule has 6 aromatic rings. The predicted octanol–water partition coefficient (Wildman–Crippen LogP) is 10.5. The first-order chi connectivity index (χ1) is 21.5. The number of nitrogens with zero attached hydrogens (tertiary/aromatic N) is 2. The minimum absolute atomic E-state index is 0. The van der Waals surface area contributed by atoms with Gasteiger partial charge in [-0.15, -0.1) is 54.1 Å². The number of hydrogen-bond acceptors (Lipinski definition) is 3. The maximum Gasteiger partial charge on any atom is 0.143 e. The van der Waals surface area contributed by atoms with E-state index in [1.807, 2.05) is 24.3 Å². The Morgan fingerprint density at radius 3 is 2.28 bits per heavy atom. The van der Waals surface area contributed by atoms with Gasteiger partial charge < -0.3 is 14.4 Å². The molecule has 3 nitrogen and oxygen atoms in total. The Kier molecular flexibility index (Phi) is 10.4. The van der Waals surface area contributed by atoms with E-state index in [9.17, 15) is 8.78 Å². The average Bonchev–Trinajstić information content (AvgIpc) is 3.34. The number of hydrogen-bond donors (Lipinski definition) is 0. The first kappa shape index (κ1) is 33.8. The Bertz CT molecular complexity index is 2010.